The minimum Gasteiger partial charge on any atom is -0.380 e. The first-order valence-electron chi connectivity index (χ1n) is 9.97. The Morgan fingerprint density at radius 3 is 2.33 bits per heavy atom. The maximum Gasteiger partial charge on any atom is 0.175 e. The molecule has 0 amide bonds. The summed E-state index contributed by atoms with van der Waals surface area (Å²) in [5.74, 6) is 0.895. The lowest BCUT2D eigenvalue weighted by atomic mass is 10.1. The number of nitrogens with zero attached hydrogens (tertiary/aromatic N) is 1. The van der Waals surface area contributed by atoms with Crippen LogP contribution < -0.4 is 16.0 Å². The van der Waals surface area contributed by atoms with Gasteiger partial charge in [0.2, 0.25) is 0 Å². The molecule has 164 valence electrons. The molecule has 6 nitrogen and oxygen atoms in total. The Bertz CT molecular complexity index is 997. The first-order valence-corrected chi connectivity index (χ1v) is 11.9. The monoisotopic (exact) mass is 430 g/mol. The van der Waals surface area contributed by atoms with E-state index in [4.69, 9.17) is 0 Å². The van der Waals surface area contributed by atoms with E-state index in [1.165, 1.54) is 6.26 Å². The molecule has 4 rings (SSSR count). The number of hydrogen-bond donors (Lipinski definition) is 3. The zero-order chi connectivity index (χ0) is 21.2. The lowest BCUT2D eigenvalue weighted by Gasteiger charge is -2.27. The summed E-state index contributed by atoms with van der Waals surface area (Å²) < 4.78 is 22.9. The number of benzene rings is 2. The molecule has 2 heterocycles. The number of aromatic nitrogens is 1. The fraction of sp³-hybridized carbons (Fsp3) is 0.261. The van der Waals surface area contributed by atoms with Gasteiger partial charge in [-0.15, -0.1) is 0 Å². The van der Waals surface area contributed by atoms with Crippen LogP contribution in [-0.4, -0.2) is 45.3 Å². The summed E-state index contributed by atoms with van der Waals surface area (Å²) in [6.07, 6.45) is 3.87. The molecule has 0 unspecified atom stereocenters. The van der Waals surface area contributed by atoms with E-state index in [2.05, 4.69) is 20.9 Å². The van der Waals surface area contributed by atoms with Crippen molar-refractivity contribution in [1.82, 2.24) is 10.3 Å². The fourth-order valence-electron chi connectivity index (χ4n) is 3.06. The molecule has 0 fully saturated rings. The van der Waals surface area contributed by atoms with Crippen molar-refractivity contribution in [2.45, 2.75) is 17.4 Å². The predicted octanol–water partition coefficient (Wildman–Crippen LogP) is 3.95. The summed E-state index contributed by atoms with van der Waals surface area (Å²) in [5, 5.41) is 10.2. The van der Waals surface area contributed by atoms with Crippen molar-refractivity contribution in [3.63, 3.8) is 0 Å². The third kappa shape index (κ3) is 6.86. The summed E-state index contributed by atoms with van der Waals surface area (Å²) in [6.45, 7) is 2.53. The zero-order valence-corrected chi connectivity index (χ0v) is 17.9. The van der Waals surface area contributed by atoms with Crippen LogP contribution in [0.5, 0.6) is 0 Å². The van der Waals surface area contributed by atoms with Crippen LogP contribution in [0.15, 0.2) is 83.9 Å². The molecule has 30 heavy (non-hydrogen) atoms. The van der Waals surface area contributed by atoms with Crippen LogP contribution >= 0.6 is 0 Å². The highest BCUT2D eigenvalue weighted by atomic mass is 32.2. The van der Waals surface area contributed by atoms with Gasteiger partial charge >= 0.3 is 0 Å². The Kier molecular flexibility index (Phi) is 7.82. The van der Waals surface area contributed by atoms with E-state index < -0.39 is 9.84 Å². The maximum atomic E-state index is 11.4. The topological polar surface area (TPSA) is 83.1 Å². The number of rotatable bonds is 6. The quantitative estimate of drug-likeness (QED) is 0.514. The van der Waals surface area contributed by atoms with Gasteiger partial charge in [0, 0.05) is 29.8 Å². The van der Waals surface area contributed by atoms with Gasteiger partial charge in [-0.05, 0) is 42.8 Å². The number of sulfone groups is 1. The number of hydrogen-bond acceptors (Lipinski definition) is 6. The van der Waals surface area contributed by atoms with Gasteiger partial charge in [0.1, 0.15) is 5.82 Å². The van der Waals surface area contributed by atoms with Gasteiger partial charge < -0.3 is 16.0 Å². The second-order valence-electron chi connectivity index (χ2n) is 7.15. The Labute approximate surface area is 183 Å². The smallest absolute Gasteiger partial charge is 0.175 e. The van der Waals surface area contributed by atoms with Crippen LogP contribution in [0, 0.1) is 0 Å². The molecule has 3 N–H and O–H groups in total. The standard InChI is InChI=1S/C17H22N4O2S.C6H6.3H2/c1-24(22,23)15-6-4-13(5-7-15)8-10-18-11-14-12-20-16-3-2-9-19-17(16)21-14;1-2-4-6-5-3-1;;;/h2-7,9,14,18,20H,8,10-12H2,1H3,(H,19,21);1-6H;3*1H/t14-;;;;/m0..../s1. The van der Waals surface area contributed by atoms with Crippen molar-refractivity contribution >= 4 is 21.3 Å². The average Bonchev–Trinajstić information content (AvgIpc) is 2.78. The van der Waals surface area contributed by atoms with Gasteiger partial charge in [0.15, 0.2) is 9.84 Å². The summed E-state index contributed by atoms with van der Waals surface area (Å²) >= 11 is 0. The normalized spacial score (nSPS) is 15.0. The largest absolute Gasteiger partial charge is 0.380 e. The molecule has 0 aliphatic carbocycles. The molecule has 0 saturated heterocycles. The van der Waals surface area contributed by atoms with Gasteiger partial charge in [-0.25, -0.2) is 13.4 Å². The highest BCUT2D eigenvalue weighted by Crippen LogP contribution is 2.22. The molecule has 7 heteroatoms. The second kappa shape index (κ2) is 10.8. The Morgan fingerprint density at radius 2 is 1.70 bits per heavy atom. The van der Waals surface area contributed by atoms with E-state index in [1.54, 1.807) is 18.3 Å². The van der Waals surface area contributed by atoms with Crippen LogP contribution in [-0.2, 0) is 16.3 Å². The van der Waals surface area contributed by atoms with Gasteiger partial charge in [0.25, 0.3) is 0 Å². The van der Waals surface area contributed by atoms with E-state index >= 15 is 0 Å². The lowest BCUT2D eigenvalue weighted by Crippen LogP contribution is -2.41. The number of fused-ring (bicyclic) bond motifs is 1. The maximum absolute atomic E-state index is 11.4. The average molecular weight is 431 g/mol. The summed E-state index contributed by atoms with van der Waals surface area (Å²) in [6, 6.07) is 23.3. The molecule has 0 radical (unpaired) electrons. The lowest BCUT2D eigenvalue weighted by molar-refractivity contribution is 0.601. The second-order valence-corrected chi connectivity index (χ2v) is 9.16. The number of nitrogens with one attached hydrogen (secondary N) is 3. The molecule has 0 saturated carbocycles. The molecule has 1 aromatic heterocycles. The Balaban J connectivity index is 0.000000996. The van der Waals surface area contributed by atoms with Crippen molar-refractivity contribution in [1.29, 1.82) is 0 Å². The van der Waals surface area contributed by atoms with Gasteiger partial charge in [-0.1, -0.05) is 48.5 Å². The highest BCUT2D eigenvalue weighted by Gasteiger charge is 2.16. The van der Waals surface area contributed by atoms with E-state index in [0.29, 0.717) is 10.9 Å². The van der Waals surface area contributed by atoms with Crippen LogP contribution in [0.1, 0.15) is 9.84 Å². The predicted molar refractivity (Wildman–Crippen MR) is 129 cm³/mol. The summed E-state index contributed by atoms with van der Waals surface area (Å²) in [4.78, 5) is 4.69. The van der Waals surface area contributed by atoms with Crippen LogP contribution in [0.2, 0.25) is 0 Å². The number of pyridine rings is 1. The van der Waals surface area contributed by atoms with Crippen LogP contribution in [0.4, 0.5) is 11.5 Å². The van der Waals surface area contributed by atoms with Crippen molar-refractivity contribution in [3.05, 3.63) is 84.6 Å². The molecule has 2 aromatic carbocycles. The van der Waals surface area contributed by atoms with Crippen LogP contribution in [0.3, 0.4) is 0 Å². The van der Waals surface area contributed by atoms with Gasteiger partial charge in [0.05, 0.1) is 16.6 Å². The third-order valence-electron chi connectivity index (χ3n) is 4.69. The van der Waals surface area contributed by atoms with Crippen molar-refractivity contribution in [3.8, 4) is 0 Å². The summed E-state index contributed by atoms with van der Waals surface area (Å²) in [5.41, 5.74) is 2.16. The SMILES string of the molecule is CS(=O)(=O)c1ccc(CCNC[C@H]2CNc3cccnc3N2)cc1.[HH].[HH].[HH].c1ccccc1. The molecular formula is C23H34N4O2S. The van der Waals surface area contributed by atoms with Crippen molar-refractivity contribution in [2.24, 2.45) is 0 Å². The van der Waals surface area contributed by atoms with Crippen molar-refractivity contribution < 1.29 is 12.7 Å². The first kappa shape index (κ1) is 21.8. The molecule has 1 aliphatic heterocycles. The third-order valence-corrected chi connectivity index (χ3v) is 5.82. The molecule has 0 spiro atoms. The van der Waals surface area contributed by atoms with E-state index in [1.807, 2.05) is 60.7 Å². The Morgan fingerprint density at radius 1 is 1.03 bits per heavy atom. The minimum absolute atomic E-state index is 0. The molecule has 1 atom stereocenters. The highest BCUT2D eigenvalue weighted by molar-refractivity contribution is 7.90. The number of anilines is 2. The van der Waals surface area contributed by atoms with E-state index in [-0.39, 0.29) is 4.28 Å². The van der Waals surface area contributed by atoms with Crippen LogP contribution in [0.25, 0.3) is 0 Å². The molecule has 3 aromatic rings. The molecular weight excluding hydrogens is 396 g/mol. The molecule has 1 aliphatic rings. The van der Waals surface area contributed by atoms with Crippen molar-refractivity contribution in [2.75, 3.05) is 36.5 Å². The fourth-order valence-corrected chi connectivity index (χ4v) is 3.69. The summed E-state index contributed by atoms with van der Waals surface area (Å²) in [7, 11) is -3.12. The first-order chi connectivity index (χ1) is 14.5. The molecule has 0 bridgehead atoms. The Hall–Kier alpha value is -2.90. The minimum atomic E-state index is -3.12. The van der Waals surface area contributed by atoms with E-state index in [9.17, 15) is 8.42 Å². The van der Waals surface area contributed by atoms with Gasteiger partial charge in [-0.3, -0.25) is 0 Å². The van der Waals surface area contributed by atoms with Gasteiger partial charge in [-0.2, -0.15) is 0 Å². The van der Waals surface area contributed by atoms with E-state index in [0.717, 1.165) is 43.1 Å². The zero-order valence-electron chi connectivity index (χ0n) is 17.1.